The van der Waals surface area contributed by atoms with Crippen molar-refractivity contribution < 1.29 is 14.3 Å². The van der Waals surface area contributed by atoms with E-state index in [1.807, 2.05) is 0 Å². The molecule has 0 bridgehead atoms. The minimum Gasteiger partial charge on any atom is -0.435 e. The van der Waals surface area contributed by atoms with Crippen molar-refractivity contribution in [1.82, 2.24) is 0 Å². The van der Waals surface area contributed by atoms with Gasteiger partial charge in [0.1, 0.15) is 0 Å². The molecule has 1 heterocycles. The Morgan fingerprint density at radius 2 is 2.00 bits per heavy atom. The van der Waals surface area contributed by atoms with E-state index in [1.54, 1.807) is 0 Å². The van der Waals surface area contributed by atoms with Crippen LogP contribution in [0.1, 0.15) is 53.9 Å². The highest BCUT2D eigenvalue weighted by molar-refractivity contribution is 5.80. The Morgan fingerprint density at radius 1 is 1.30 bits per heavy atom. The van der Waals surface area contributed by atoms with Crippen molar-refractivity contribution in [3.63, 3.8) is 0 Å². The van der Waals surface area contributed by atoms with Gasteiger partial charge in [0.2, 0.25) is 6.29 Å². The number of carbonyl (C=O) groups excluding carboxylic acids is 1. The summed E-state index contributed by atoms with van der Waals surface area (Å²) < 4.78 is 11.8. The molecule has 0 aromatic rings. The summed E-state index contributed by atoms with van der Waals surface area (Å²) in [7, 11) is 0. The first-order valence-electron chi connectivity index (χ1n) is 8.18. The molecule has 0 spiro atoms. The normalized spacial score (nSPS) is 46.2. The van der Waals surface area contributed by atoms with E-state index < -0.39 is 0 Å². The fourth-order valence-electron chi connectivity index (χ4n) is 4.45. The average Bonchev–Trinajstić information content (AvgIpc) is 2.72. The lowest BCUT2D eigenvalue weighted by atomic mass is 9.75. The molecule has 1 saturated heterocycles. The zero-order valence-corrected chi connectivity index (χ0v) is 13.4. The lowest BCUT2D eigenvalue weighted by Crippen LogP contribution is -2.38. The quantitative estimate of drug-likeness (QED) is 0.741. The minimum absolute atomic E-state index is 0.0463. The van der Waals surface area contributed by atoms with Crippen LogP contribution < -0.4 is 0 Å². The van der Waals surface area contributed by atoms with Crippen LogP contribution in [-0.4, -0.2) is 18.4 Å². The summed E-state index contributed by atoms with van der Waals surface area (Å²) in [5, 5.41) is 0. The number of ether oxygens (including phenoxy) is 2. The predicted octanol–water partition coefficient (Wildman–Crippen LogP) is 3.62. The van der Waals surface area contributed by atoms with Gasteiger partial charge in [-0.15, -0.1) is 0 Å². The number of carbonyl (C=O) groups is 1. The molecule has 2 saturated carbocycles. The van der Waals surface area contributed by atoms with Crippen molar-refractivity contribution in [2.75, 3.05) is 0 Å². The summed E-state index contributed by atoms with van der Waals surface area (Å²) in [6.45, 7) is 11.2. The van der Waals surface area contributed by atoms with Crippen LogP contribution in [0.3, 0.4) is 0 Å². The topological polar surface area (TPSA) is 35.5 Å². The lowest BCUT2D eigenvalue weighted by Gasteiger charge is -2.38. The molecule has 114 valence electrons. The van der Waals surface area contributed by atoms with Gasteiger partial charge in [0, 0.05) is 5.92 Å². The number of rotatable bonds is 3. The Labute approximate surface area is 122 Å². The highest BCUT2D eigenvalue weighted by atomic mass is 16.7. The maximum absolute atomic E-state index is 11.9. The van der Waals surface area contributed by atoms with E-state index in [1.165, 1.54) is 12.8 Å². The third kappa shape index (κ3) is 2.18. The summed E-state index contributed by atoms with van der Waals surface area (Å²) >= 11 is 0. The summed E-state index contributed by atoms with van der Waals surface area (Å²) in [4.78, 5) is 11.9. The molecule has 3 heteroatoms. The molecule has 3 rings (SSSR count). The second-order valence-electron chi connectivity index (χ2n) is 8.13. The summed E-state index contributed by atoms with van der Waals surface area (Å²) in [5.74, 6) is 2.26. The number of esters is 1. The first-order chi connectivity index (χ1) is 9.32. The van der Waals surface area contributed by atoms with Crippen LogP contribution in [-0.2, 0) is 14.3 Å². The Kier molecular flexibility index (Phi) is 3.39. The Hall–Kier alpha value is -0.570. The lowest BCUT2D eigenvalue weighted by molar-refractivity contribution is -0.201. The van der Waals surface area contributed by atoms with E-state index in [0.29, 0.717) is 11.8 Å². The highest BCUT2D eigenvalue weighted by Crippen LogP contribution is 2.65. The Morgan fingerprint density at radius 3 is 2.55 bits per heavy atom. The largest absolute Gasteiger partial charge is 0.435 e. The maximum Gasteiger partial charge on any atom is 0.312 e. The first kappa shape index (κ1) is 14.4. The second-order valence-corrected chi connectivity index (χ2v) is 8.13. The zero-order valence-electron chi connectivity index (χ0n) is 13.4. The van der Waals surface area contributed by atoms with Crippen molar-refractivity contribution in [1.29, 1.82) is 0 Å². The molecule has 2 aliphatic carbocycles. The van der Waals surface area contributed by atoms with Gasteiger partial charge >= 0.3 is 5.97 Å². The van der Waals surface area contributed by atoms with E-state index in [2.05, 4.69) is 34.6 Å². The first-order valence-corrected chi connectivity index (χ1v) is 8.18. The van der Waals surface area contributed by atoms with Crippen molar-refractivity contribution in [2.24, 2.45) is 35.0 Å². The molecule has 0 aromatic heterocycles. The molecule has 20 heavy (non-hydrogen) atoms. The van der Waals surface area contributed by atoms with E-state index in [-0.39, 0.29) is 35.6 Å². The van der Waals surface area contributed by atoms with Crippen LogP contribution in [0.15, 0.2) is 0 Å². The molecule has 3 nitrogen and oxygen atoms in total. The van der Waals surface area contributed by atoms with Crippen molar-refractivity contribution in [3.8, 4) is 0 Å². The summed E-state index contributed by atoms with van der Waals surface area (Å²) in [6, 6.07) is 0. The average molecular weight is 280 g/mol. The van der Waals surface area contributed by atoms with E-state index in [0.717, 1.165) is 12.3 Å². The molecule has 0 N–H and O–H groups in total. The SMILES string of the molecule is CC(C)[C@@H]1CC[C@H](C)C[C@H]1O[C@@H]1OC(=O)[C@@H]2[C@H]1C2(C)C. The molecule has 6 atom stereocenters. The van der Waals surface area contributed by atoms with Gasteiger partial charge in [-0.1, -0.05) is 41.0 Å². The molecule has 0 unspecified atom stereocenters. The van der Waals surface area contributed by atoms with Gasteiger partial charge in [-0.25, -0.2) is 0 Å². The molecular formula is C17H28O3. The van der Waals surface area contributed by atoms with Gasteiger partial charge in [-0.05, 0) is 36.0 Å². The smallest absolute Gasteiger partial charge is 0.312 e. The van der Waals surface area contributed by atoms with Crippen LogP contribution in [0, 0.1) is 35.0 Å². The molecule has 0 radical (unpaired) electrons. The third-order valence-electron chi connectivity index (χ3n) is 5.96. The van der Waals surface area contributed by atoms with Crippen LogP contribution >= 0.6 is 0 Å². The van der Waals surface area contributed by atoms with Gasteiger partial charge in [0.25, 0.3) is 0 Å². The predicted molar refractivity (Wildman–Crippen MR) is 76.9 cm³/mol. The second kappa shape index (κ2) is 4.72. The molecule has 1 aliphatic heterocycles. The van der Waals surface area contributed by atoms with Crippen molar-refractivity contribution in [2.45, 2.75) is 66.3 Å². The van der Waals surface area contributed by atoms with Gasteiger partial charge in [-0.3, -0.25) is 4.79 Å². The standard InChI is InChI=1S/C17H28O3/c1-9(2)11-7-6-10(3)8-12(11)19-16-14-13(15(18)20-16)17(14,4)5/h9-14,16H,6-8H2,1-5H3/t10-,11-,12+,13-,14+,16+/m0/s1. The molecule has 3 aliphatic rings. The number of fused-ring (bicyclic) bond motifs is 1. The van der Waals surface area contributed by atoms with Crippen molar-refractivity contribution in [3.05, 3.63) is 0 Å². The molecule has 0 amide bonds. The van der Waals surface area contributed by atoms with Gasteiger partial charge in [0.15, 0.2) is 0 Å². The number of hydrogen-bond acceptors (Lipinski definition) is 3. The molecule has 3 fully saturated rings. The van der Waals surface area contributed by atoms with Crippen molar-refractivity contribution >= 4 is 5.97 Å². The minimum atomic E-state index is -0.293. The zero-order chi connectivity index (χ0) is 14.7. The number of hydrogen-bond donors (Lipinski definition) is 0. The van der Waals surface area contributed by atoms with Crippen LogP contribution in [0.4, 0.5) is 0 Å². The van der Waals surface area contributed by atoms with Gasteiger partial charge in [0.05, 0.1) is 12.0 Å². The van der Waals surface area contributed by atoms with Crippen LogP contribution in [0.5, 0.6) is 0 Å². The third-order valence-corrected chi connectivity index (χ3v) is 5.96. The Bertz CT molecular complexity index is 401. The maximum atomic E-state index is 11.9. The fraction of sp³-hybridized carbons (Fsp3) is 0.941. The molecular weight excluding hydrogens is 252 g/mol. The fourth-order valence-corrected chi connectivity index (χ4v) is 4.45. The van der Waals surface area contributed by atoms with Gasteiger partial charge in [-0.2, -0.15) is 0 Å². The van der Waals surface area contributed by atoms with Gasteiger partial charge < -0.3 is 9.47 Å². The summed E-state index contributed by atoms with van der Waals surface area (Å²) in [6.07, 6.45) is 3.60. The van der Waals surface area contributed by atoms with E-state index in [9.17, 15) is 4.79 Å². The highest BCUT2D eigenvalue weighted by Gasteiger charge is 2.72. The monoisotopic (exact) mass is 280 g/mol. The van der Waals surface area contributed by atoms with Crippen LogP contribution in [0.2, 0.25) is 0 Å². The van der Waals surface area contributed by atoms with E-state index in [4.69, 9.17) is 9.47 Å². The molecule has 0 aromatic carbocycles. The van der Waals surface area contributed by atoms with Crippen LogP contribution in [0.25, 0.3) is 0 Å². The van der Waals surface area contributed by atoms with E-state index >= 15 is 0 Å². The number of cyclic esters (lactones) is 1. The Balaban J connectivity index is 1.68. The summed E-state index contributed by atoms with van der Waals surface area (Å²) in [5.41, 5.74) is 0.0770.